The maximum absolute atomic E-state index is 12.9. The zero-order valence-electron chi connectivity index (χ0n) is 13.9. The van der Waals surface area contributed by atoms with E-state index in [1.165, 1.54) is 5.56 Å². The highest BCUT2D eigenvalue weighted by molar-refractivity contribution is 6.07. The lowest BCUT2D eigenvalue weighted by Crippen LogP contribution is -2.35. The first-order valence-electron chi connectivity index (χ1n) is 7.86. The van der Waals surface area contributed by atoms with Crippen LogP contribution in [-0.2, 0) is 6.42 Å². The van der Waals surface area contributed by atoms with Gasteiger partial charge in [0.15, 0.2) is 0 Å². The Labute approximate surface area is 137 Å². The summed E-state index contributed by atoms with van der Waals surface area (Å²) in [5.41, 5.74) is 3.98. The molecule has 0 aromatic heterocycles. The van der Waals surface area contributed by atoms with Gasteiger partial charge in [-0.25, -0.2) is 0 Å². The predicted octanol–water partition coefficient (Wildman–Crippen LogP) is 3.35. The first kappa shape index (κ1) is 15.4. The lowest BCUT2D eigenvalue weighted by molar-refractivity contribution is 0.0985. The number of ether oxygens (including phenoxy) is 1. The summed E-state index contributed by atoms with van der Waals surface area (Å²) in [6.07, 6.45) is 1.96. The molecule has 0 fully saturated rings. The second-order valence-corrected chi connectivity index (χ2v) is 6.00. The molecule has 23 heavy (non-hydrogen) atoms. The molecule has 1 heterocycles. The summed E-state index contributed by atoms with van der Waals surface area (Å²) in [7, 11) is 5.65. The van der Waals surface area contributed by atoms with Gasteiger partial charge in [0.25, 0.3) is 5.91 Å². The summed E-state index contributed by atoms with van der Waals surface area (Å²) < 4.78 is 5.29. The molecule has 0 saturated carbocycles. The number of hydrogen-bond acceptors (Lipinski definition) is 3. The highest BCUT2D eigenvalue weighted by Crippen LogP contribution is 2.31. The van der Waals surface area contributed by atoms with Crippen LogP contribution in [0.5, 0.6) is 5.75 Å². The van der Waals surface area contributed by atoms with Gasteiger partial charge >= 0.3 is 0 Å². The van der Waals surface area contributed by atoms with Gasteiger partial charge < -0.3 is 14.5 Å². The maximum Gasteiger partial charge on any atom is 0.258 e. The van der Waals surface area contributed by atoms with Gasteiger partial charge in [0.1, 0.15) is 5.75 Å². The van der Waals surface area contributed by atoms with Crippen LogP contribution in [0.1, 0.15) is 22.3 Å². The summed E-state index contributed by atoms with van der Waals surface area (Å²) in [6.45, 7) is 0.758. The average molecular weight is 310 g/mol. The Morgan fingerprint density at radius 2 is 1.87 bits per heavy atom. The molecule has 3 rings (SSSR count). The molecule has 120 valence electrons. The van der Waals surface area contributed by atoms with Crippen LogP contribution >= 0.6 is 0 Å². The van der Waals surface area contributed by atoms with Crippen LogP contribution in [-0.4, -0.2) is 33.7 Å². The molecule has 2 aromatic rings. The minimum Gasteiger partial charge on any atom is -0.497 e. The molecule has 0 radical (unpaired) electrons. The highest BCUT2D eigenvalue weighted by Gasteiger charge is 2.23. The largest absolute Gasteiger partial charge is 0.497 e. The fourth-order valence-corrected chi connectivity index (χ4v) is 2.97. The number of methoxy groups -OCH3 is 1. The van der Waals surface area contributed by atoms with Gasteiger partial charge in [-0.2, -0.15) is 0 Å². The van der Waals surface area contributed by atoms with Crippen molar-refractivity contribution >= 4 is 17.3 Å². The van der Waals surface area contributed by atoms with E-state index in [4.69, 9.17) is 4.74 Å². The molecule has 0 bridgehead atoms. The number of carbonyl (C=O) groups is 1. The normalized spacial score (nSPS) is 13.4. The van der Waals surface area contributed by atoms with E-state index in [1.54, 1.807) is 7.11 Å². The number of nitrogens with zero attached hydrogens (tertiary/aromatic N) is 2. The number of fused-ring (bicyclic) bond motifs is 1. The molecule has 0 aliphatic carbocycles. The van der Waals surface area contributed by atoms with Crippen LogP contribution < -0.4 is 14.5 Å². The number of amides is 1. The van der Waals surface area contributed by atoms with E-state index in [2.05, 4.69) is 0 Å². The Hall–Kier alpha value is -2.49. The molecule has 2 aromatic carbocycles. The first-order chi connectivity index (χ1) is 11.1. The van der Waals surface area contributed by atoms with Crippen molar-refractivity contribution in [2.45, 2.75) is 12.8 Å². The molecule has 4 nitrogen and oxygen atoms in total. The van der Waals surface area contributed by atoms with Gasteiger partial charge in [-0.1, -0.05) is 0 Å². The fourth-order valence-electron chi connectivity index (χ4n) is 2.97. The third-order valence-corrected chi connectivity index (χ3v) is 4.28. The zero-order valence-corrected chi connectivity index (χ0v) is 13.9. The Morgan fingerprint density at radius 3 is 2.52 bits per heavy atom. The van der Waals surface area contributed by atoms with E-state index < -0.39 is 0 Å². The molecule has 0 N–H and O–H groups in total. The summed E-state index contributed by atoms with van der Waals surface area (Å²) in [5.74, 6) is 0.898. The van der Waals surface area contributed by atoms with Crippen molar-refractivity contribution in [2.75, 3.05) is 37.5 Å². The number of hydrogen-bond donors (Lipinski definition) is 0. The van der Waals surface area contributed by atoms with Crippen molar-refractivity contribution < 1.29 is 9.53 Å². The van der Waals surface area contributed by atoms with E-state index in [1.807, 2.05) is 66.4 Å². The van der Waals surface area contributed by atoms with Crippen molar-refractivity contribution in [1.82, 2.24) is 0 Å². The first-order valence-corrected chi connectivity index (χ1v) is 7.86. The van der Waals surface area contributed by atoms with Crippen LogP contribution in [0.15, 0.2) is 42.5 Å². The minimum absolute atomic E-state index is 0.0569. The highest BCUT2D eigenvalue weighted by atomic mass is 16.5. The summed E-state index contributed by atoms with van der Waals surface area (Å²) >= 11 is 0. The van der Waals surface area contributed by atoms with Gasteiger partial charge in [0.2, 0.25) is 0 Å². The van der Waals surface area contributed by atoms with Crippen molar-refractivity contribution in [1.29, 1.82) is 0 Å². The Balaban J connectivity index is 1.89. The number of rotatable bonds is 3. The molecule has 1 aliphatic heterocycles. The standard InChI is InChI=1S/C19H22N2O2/c1-20(2)16-8-6-14(7-9-16)19(22)21-12-4-5-15-13-17(23-3)10-11-18(15)21/h6-11,13H,4-5,12H2,1-3H3. The van der Waals surface area contributed by atoms with Gasteiger partial charge in [0, 0.05) is 37.6 Å². The average Bonchev–Trinajstić information content (AvgIpc) is 2.60. The second-order valence-electron chi connectivity index (χ2n) is 6.00. The van der Waals surface area contributed by atoms with E-state index in [0.717, 1.165) is 42.1 Å². The lowest BCUT2D eigenvalue weighted by Gasteiger charge is -2.30. The van der Waals surface area contributed by atoms with Crippen LogP contribution in [0, 0.1) is 0 Å². The third-order valence-electron chi connectivity index (χ3n) is 4.28. The van der Waals surface area contributed by atoms with Crippen LogP contribution in [0.2, 0.25) is 0 Å². The minimum atomic E-state index is 0.0569. The van der Waals surface area contributed by atoms with Crippen molar-refractivity contribution in [3.63, 3.8) is 0 Å². The quantitative estimate of drug-likeness (QED) is 0.871. The monoisotopic (exact) mass is 310 g/mol. The van der Waals surface area contributed by atoms with Crippen molar-refractivity contribution in [3.8, 4) is 5.75 Å². The number of aryl methyl sites for hydroxylation is 1. The SMILES string of the molecule is COc1ccc2c(c1)CCCN2C(=O)c1ccc(N(C)C)cc1. The van der Waals surface area contributed by atoms with E-state index >= 15 is 0 Å². The second kappa shape index (κ2) is 6.32. The van der Waals surface area contributed by atoms with E-state index in [-0.39, 0.29) is 5.91 Å². The molecule has 0 unspecified atom stereocenters. The van der Waals surface area contributed by atoms with Gasteiger partial charge in [-0.05, 0) is 60.9 Å². The Bertz CT molecular complexity index is 708. The Kier molecular flexibility index (Phi) is 4.24. The van der Waals surface area contributed by atoms with Crippen molar-refractivity contribution in [2.24, 2.45) is 0 Å². The topological polar surface area (TPSA) is 32.8 Å². The maximum atomic E-state index is 12.9. The van der Waals surface area contributed by atoms with Gasteiger partial charge in [0.05, 0.1) is 7.11 Å². The fraction of sp³-hybridized carbons (Fsp3) is 0.316. The number of anilines is 2. The predicted molar refractivity (Wildman–Crippen MR) is 93.8 cm³/mol. The molecular formula is C19H22N2O2. The van der Waals surface area contributed by atoms with Gasteiger partial charge in [-0.3, -0.25) is 4.79 Å². The van der Waals surface area contributed by atoms with Crippen molar-refractivity contribution in [3.05, 3.63) is 53.6 Å². The third kappa shape index (κ3) is 3.02. The smallest absolute Gasteiger partial charge is 0.258 e. The van der Waals surface area contributed by atoms with Crippen LogP contribution in [0.4, 0.5) is 11.4 Å². The van der Waals surface area contributed by atoms with Crippen LogP contribution in [0.3, 0.4) is 0 Å². The summed E-state index contributed by atoms with van der Waals surface area (Å²) in [5, 5.41) is 0. The molecule has 1 amide bonds. The van der Waals surface area contributed by atoms with Gasteiger partial charge in [-0.15, -0.1) is 0 Å². The molecule has 4 heteroatoms. The van der Waals surface area contributed by atoms with E-state index in [9.17, 15) is 4.79 Å². The molecule has 0 saturated heterocycles. The molecule has 0 spiro atoms. The molecule has 1 aliphatic rings. The van der Waals surface area contributed by atoms with Crippen LogP contribution in [0.25, 0.3) is 0 Å². The molecular weight excluding hydrogens is 288 g/mol. The lowest BCUT2D eigenvalue weighted by atomic mass is 10.0. The molecule has 0 atom stereocenters. The Morgan fingerprint density at radius 1 is 1.13 bits per heavy atom. The number of benzene rings is 2. The number of carbonyl (C=O) groups excluding carboxylic acids is 1. The summed E-state index contributed by atoms with van der Waals surface area (Å²) in [4.78, 5) is 16.8. The summed E-state index contributed by atoms with van der Waals surface area (Å²) in [6, 6.07) is 13.7. The zero-order chi connectivity index (χ0) is 16.4. The van der Waals surface area contributed by atoms with E-state index in [0.29, 0.717) is 0 Å².